The second-order valence-corrected chi connectivity index (χ2v) is 8.04. The molecule has 2 unspecified atom stereocenters. The molecule has 2 N–H and O–H groups in total. The fraction of sp³-hybridized carbons (Fsp3) is 0.474. The van der Waals surface area contributed by atoms with Gasteiger partial charge in [0.15, 0.2) is 0 Å². The Morgan fingerprint density at radius 2 is 2.04 bits per heavy atom. The first-order chi connectivity index (χ1) is 12.8. The van der Waals surface area contributed by atoms with E-state index < -0.39 is 5.60 Å². The van der Waals surface area contributed by atoms with Crippen LogP contribution in [-0.4, -0.2) is 38.7 Å². The Balaban J connectivity index is 1.60. The number of aromatic nitrogens is 3. The van der Waals surface area contributed by atoms with Crippen molar-refractivity contribution >= 4 is 23.6 Å². The predicted molar refractivity (Wildman–Crippen MR) is 105 cm³/mol. The van der Waals surface area contributed by atoms with Crippen LogP contribution in [0, 0.1) is 0 Å². The second kappa shape index (κ2) is 8.08. The zero-order valence-electron chi connectivity index (χ0n) is 15.7. The summed E-state index contributed by atoms with van der Waals surface area (Å²) >= 11 is 6.24. The van der Waals surface area contributed by atoms with Crippen LogP contribution in [-0.2, 0) is 4.74 Å². The molecule has 3 rings (SSSR count). The molecule has 1 amide bonds. The molecule has 8 heteroatoms. The van der Waals surface area contributed by atoms with Gasteiger partial charge in [0.2, 0.25) is 5.95 Å². The number of ether oxygens (including phenoxy) is 1. The van der Waals surface area contributed by atoms with Crippen LogP contribution in [0.1, 0.15) is 40.0 Å². The molecule has 2 aromatic rings. The van der Waals surface area contributed by atoms with Crippen molar-refractivity contribution in [2.24, 2.45) is 0 Å². The van der Waals surface area contributed by atoms with Gasteiger partial charge in [-0.25, -0.2) is 14.8 Å². The molecule has 0 aliphatic heterocycles. The number of hydrogen-bond donors (Lipinski definition) is 2. The highest BCUT2D eigenvalue weighted by atomic mass is 35.5. The molecule has 0 saturated heterocycles. The maximum atomic E-state index is 11.9. The fourth-order valence-electron chi connectivity index (χ4n) is 3.04. The lowest BCUT2D eigenvalue weighted by Gasteiger charge is -2.21. The lowest BCUT2D eigenvalue weighted by Crippen LogP contribution is -2.38. The predicted octanol–water partition coefficient (Wildman–Crippen LogP) is 4.05. The zero-order chi connectivity index (χ0) is 19.4. The molecule has 1 aliphatic rings. The van der Waals surface area contributed by atoms with Crippen molar-refractivity contribution in [1.82, 2.24) is 20.3 Å². The summed E-state index contributed by atoms with van der Waals surface area (Å²) in [4.78, 5) is 24.8. The summed E-state index contributed by atoms with van der Waals surface area (Å²) in [6.07, 6.45) is 7.20. The second-order valence-electron chi connectivity index (χ2n) is 7.63. The lowest BCUT2D eigenvalue weighted by molar-refractivity contribution is 0.0505. The quantitative estimate of drug-likeness (QED) is 0.819. The number of carbonyl (C=O) groups is 1. The molecule has 144 valence electrons. The third-order valence-corrected chi connectivity index (χ3v) is 4.44. The van der Waals surface area contributed by atoms with E-state index in [2.05, 4.69) is 25.6 Å². The van der Waals surface area contributed by atoms with E-state index in [9.17, 15) is 4.79 Å². The fourth-order valence-corrected chi connectivity index (χ4v) is 3.24. The Labute approximate surface area is 163 Å². The largest absolute Gasteiger partial charge is 0.444 e. The van der Waals surface area contributed by atoms with Gasteiger partial charge >= 0.3 is 6.09 Å². The zero-order valence-corrected chi connectivity index (χ0v) is 16.5. The van der Waals surface area contributed by atoms with Crippen molar-refractivity contribution in [3.05, 3.63) is 35.7 Å². The summed E-state index contributed by atoms with van der Waals surface area (Å²) in [5.74, 6) is 0.515. The lowest BCUT2D eigenvalue weighted by atomic mass is 10.2. The maximum absolute atomic E-state index is 11.9. The van der Waals surface area contributed by atoms with Crippen molar-refractivity contribution in [3.8, 4) is 11.3 Å². The Kier molecular flexibility index (Phi) is 5.79. The number of amides is 1. The third-order valence-electron chi connectivity index (χ3n) is 4.17. The first kappa shape index (κ1) is 19.4. The van der Waals surface area contributed by atoms with E-state index in [0.717, 1.165) is 24.8 Å². The number of anilines is 1. The average Bonchev–Trinajstić information content (AvgIpc) is 3.02. The number of nitrogens with zero attached hydrogens (tertiary/aromatic N) is 3. The van der Waals surface area contributed by atoms with E-state index in [1.807, 2.05) is 32.9 Å². The van der Waals surface area contributed by atoms with E-state index in [-0.39, 0.29) is 18.2 Å². The molecule has 1 aliphatic carbocycles. The normalized spacial score (nSPS) is 19.6. The number of hydrogen-bond acceptors (Lipinski definition) is 6. The SMILES string of the molecule is CC(C)(C)OC(=O)NC1CCC(Nc2ncc(Cl)c(-c3cccnc3)n2)C1. The number of nitrogens with one attached hydrogen (secondary N) is 2. The molecule has 2 atom stereocenters. The molecule has 0 spiro atoms. The summed E-state index contributed by atoms with van der Waals surface area (Å²) in [6, 6.07) is 3.99. The van der Waals surface area contributed by atoms with Gasteiger partial charge < -0.3 is 15.4 Å². The van der Waals surface area contributed by atoms with Gasteiger partial charge in [-0.15, -0.1) is 0 Å². The number of rotatable bonds is 4. The minimum Gasteiger partial charge on any atom is -0.444 e. The summed E-state index contributed by atoms with van der Waals surface area (Å²) in [5, 5.41) is 6.74. The molecular weight excluding hydrogens is 366 g/mol. The summed E-state index contributed by atoms with van der Waals surface area (Å²) < 4.78 is 5.32. The van der Waals surface area contributed by atoms with Crippen LogP contribution in [0.15, 0.2) is 30.7 Å². The first-order valence-corrected chi connectivity index (χ1v) is 9.37. The Morgan fingerprint density at radius 1 is 1.26 bits per heavy atom. The minimum atomic E-state index is -0.500. The van der Waals surface area contributed by atoms with Crippen molar-refractivity contribution < 1.29 is 9.53 Å². The van der Waals surface area contributed by atoms with Crippen molar-refractivity contribution in [3.63, 3.8) is 0 Å². The van der Waals surface area contributed by atoms with Gasteiger partial charge in [0.1, 0.15) is 5.60 Å². The summed E-state index contributed by atoms with van der Waals surface area (Å²) in [5.41, 5.74) is 0.979. The summed E-state index contributed by atoms with van der Waals surface area (Å²) in [7, 11) is 0. The molecule has 7 nitrogen and oxygen atoms in total. The van der Waals surface area contributed by atoms with Gasteiger partial charge in [-0.2, -0.15) is 0 Å². The van der Waals surface area contributed by atoms with Crippen molar-refractivity contribution in [1.29, 1.82) is 0 Å². The molecular formula is C19H24ClN5O2. The van der Waals surface area contributed by atoms with Gasteiger partial charge in [0, 0.05) is 30.0 Å². The van der Waals surface area contributed by atoms with Gasteiger partial charge in [0.05, 0.1) is 16.9 Å². The first-order valence-electron chi connectivity index (χ1n) is 8.99. The highest BCUT2D eigenvalue weighted by Gasteiger charge is 2.28. The number of alkyl carbamates (subject to hydrolysis) is 1. The van der Waals surface area contributed by atoms with E-state index in [1.54, 1.807) is 18.6 Å². The van der Waals surface area contributed by atoms with E-state index >= 15 is 0 Å². The van der Waals surface area contributed by atoms with Crippen LogP contribution in [0.2, 0.25) is 5.02 Å². The minimum absolute atomic E-state index is 0.0717. The molecule has 0 aromatic carbocycles. The average molecular weight is 390 g/mol. The Morgan fingerprint density at radius 3 is 2.74 bits per heavy atom. The van der Waals surface area contributed by atoms with E-state index in [4.69, 9.17) is 16.3 Å². The monoisotopic (exact) mass is 389 g/mol. The topological polar surface area (TPSA) is 89.0 Å². The number of halogens is 1. The Hall–Kier alpha value is -2.41. The molecule has 1 saturated carbocycles. The molecule has 27 heavy (non-hydrogen) atoms. The van der Waals surface area contributed by atoms with Crippen LogP contribution in [0.25, 0.3) is 11.3 Å². The van der Waals surface area contributed by atoms with Gasteiger partial charge in [-0.05, 0) is 52.2 Å². The Bertz CT molecular complexity index is 794. The third kappa shape index (κ3) is 5.53. The number of carbonyl (C=O) groups excluding carboxylic acids is 1. The molecule has 2 aromatic heterocycles. The smallest absolute Gasteiger partial charge is 0.407 e. The van der Waals surface area contributed by atoms with Crippen LogP contribution < -0.4 is 10.6 Å². The van der Waals surface area contributed by atoms with Crippen molar-refractivity contribution in [2.75, 3.05) is 5.32 Å². The maximum Gasteiger partial charge on any atom is 0.407 e. The van der Waals surface area contributed by atoms with E-state index in [0.29, 0.717) is 16.7 Å². The van der Waals surface area contributed by atoms with Crippen LogP contribution >= 0.6 is 11.6 Å². The van der Waals surface area contributed by atoms with Crippen LogP contribution in [0.5, 0.6) is 0 Å². The highest BCUT2D eigenvalue weighted by Crippen LogP contribution is 2.27. The summed E-state index contributed by atoms with van der Waals surface area (Å²) in [6.45, 7) is 5.55. The molecule has 0 radical (unpaired) electrons. The van der Waals surface area contributed by atoms with Crippen LogP contribution in [0.3, 0.4) is 0 Å². The molecule has 0 bridgehead atoms. The standard InChI is InChI=1S/C19H24ClN5O2/c1-19(2,3)27-18(26)24-14-7-6-13(9-14)23-17-22-11-15(20)16(25-17)12-5-4-8-21-10-12/h4-5,8,10-11,13-14H,6-7,9H2,1-3H3,(H,24,26)(H,22,23,25). The molecule has 1 fully saturated rings. The van der Waals surface area contributed by atoms with Crippen molar-refractivity contribution in [2.45, 2.75) is 57.7 Å². The molecule has 2 heterocycles. The van der Waals surface area contributed by atoms with Crippen LogP contribution in [0.4, 0.5) is 10.7 Å². The highest BCUT2D eigenvalue weighted by molar-refractivity contribution is 6.32. The van der Waals surface area contributed by atoms with E-state index in [1.165, 1.54) is 0 Å². The number of pyridine rings is 1. The van der Waals surface area contributed by atoms with Gasteiger partial charge in [-0.1, -0.05) is 11.6 Å². The van der Waals surface area contributed by atoms with Gasteiger partial charge in [-0.3, -0.25) is 4.98 Å². The van der Waals surface area contributed by atoms with Gasteiger partial charge in [0.25, 0.3) is 0 Å².